The van der Waals surface area contributed by atoms with Gasteiger partial charge >= 0.3 is 6.03 Å². The summed E-state index contributed by atoms with van der Waals surface area (Å²) in [6.07, 6.45) is 2.61. The number of piperidine rings is 1. The van der Waals surface area contributed by atoms with Crippen LogP contribution in [0, 0.1) is 11.7 Å². The summed E-state index contributed by atoms with van der Waals surface area (Å²) in [5.74, 6) is 0.964. The minimum absolute atomic E-state index is 0.0793. The van der Waals surface area contributed by atoms with E-state index in [1.165, 1.54) is 12.1 Å². The van der Waals surface area contributed by atoms with Crippen LogP contribution in [-0.2, 0) is 11.3 Å². The standard InChI is InChI=1S/C26H34FN3O3/c1-19-15-29(16-20(2)33-19)17-21-9-11-30(12-10-21)26(31)28-24-7-4-8-25(14-24)32-18-22-5-3-6-23(27)13-22/h3-8,13-14,19-21H,9-12,15-18H2,1-2H3,(H,28,31). The molecule has 2 heterocycles. The van der Waals surface area contributed by atoms with Crippen molar-refractivity contribution in [3.05, 3.63) is 59.9 Å². The van der Waals surface area contributed by atoms with E-state index in [-0.39, 0.29) is 30.7 Å². The molecule has 0 radical (unpaired) electrons. The number of ether oxygens (including phenoxy) is 2. The summed E-state index contributed by atoms with van der Waals surface area (Å²) in [6, 6.07) is 13.6. The number of carbonyl (C=O) groups excluding carboxylic acids is 1. The Bertz CT molecular complexity index is 923. The third-order valence-electron chi connectivity index (χ3n) is 6.29. The lowest BCUT2D eigenvalue weighted by molar-refractivity contribution is -0.0728. The van der Waals surface area contributed by atoms with Gasteiger partial charge in [-0.25, -0.2) is 9.18 Å². The van der Waals surface area contributed by atoms with Crippen molar-refractivity contribution in [2.45, 2.75) is 45.5 Å². The topological polar surface area (TPSA) is 54.0 Å². The zero-order valence-electron chi connectivity index (χ0n) is 19.5. The molecule has 2 aromatic rings. The van der Waals surface area contributed by atoms with Crippen molar-refractivity contribution in [2.24, 2.45) is 5.92 Å². The number of nitrogens with one attached hydrogen (secondary N) is 1. The fourth-order valence-electron chi connectivity index (χ4n) is 4.78. The first kappa shape index (κ1) is 23.5. The molecule has 1 N–H and O–H groups in total. The monoisotopic (exact) mass is 455 g/mol. The lowest BCUT2D eigenvalue weighted by Crippen LogP contribution is -2.49. The van der Waals surface area contributed by atoms with Gasteiger partial charge in [0.1, 0.15) is 18.2 Å². The van der Waals surface area contributed by atoms with Crippen LogP contribution in [0.3, 0.4) is 0 Å². The first-order valence-electron chi connectivity index (χ1n) is 11.9. The van der Waals surface area contributed by atoms with Gasteiger partial charge in [0, 0.05) is 44.5 Å². The molecule has 0 bridgehead atoms. The second-order valence-corrected chi connectivity index (χ2v) is 9.28. The van der Waals surface area contributed by atoms with E-state index in [4.69, 9.17) is 9.47 Å². The Morgan fingerprint density at radius 2 is 1.82 bits per heavy atom. The number of nitrogens with zero attached hydrogens (tertiary/aromatic N) is 2. The Labute approximate surface area is 195 Å². The first-order valence-corrected chi connectivity index (χ1v) is 11.9. The number of amides is 2. The molecule has 178 valence electrons. The highest BCUT2D eigenvalue weighted by Crippen LogP contribution is 2.23. The minimum Gasteiger partial charge on any atom is -0.489 e. The zero-order chi connectivity index (χ0) is 23.2. The van der Waals surface area contributed by atoms with Crippen LogP contribution >= 0.6 is 0 Å². The van der Waals surface area contributed by atoms with Crippen molar-refractivity contribution in [2.75, 3.05) is 38.0 Å². The molecule has 2 fully saturated rings. The first-order chi connectivity index (χ1) is 15.9. The van der Waals surface area contributed by atoms with E-state index < -0.39 is 0 Å². The molecule has 33 heavy (non-hydrogen) atoms. The molecule has 2 saturated heterocycles. The highest BCUT2D eigenvalue weighted by Gasteiger charge is 2.28. The maximum Gasteiger partial charge on any atom is 0.321 e. The van der Waals surface area contributed by atoms with Crippen LogP contribution in [0.4, 0.5) is 14.9 Å². The van der Waals surface area contributed by atoms with Gasteiger partial charge in [-0.15, -0.1) is 0 Å². The molecule has 6 nitrogen and oxygen atoms in total. The van der Waals surface area contributed by atoms with Gasteiger partial charge in [-0.2, -0.15) is 0 Å². The molecule has 0 aliphatic carbocycles. The Kier molecular flexibility index (Phi) is 7.83. The fourth-order valence-corrected chi connectivity index (χ4v) is 4.78. The van der Waals surface area contributed by atoms with Crippen LogP contribution in [-0.4, -0.2) is 60.8 Å². The summed E-state index contributed by atoms with van der Waals surface area (Å²) in [5.41, 5.74) is 1.45. The number of urea groups is 1. The van der Waals surface area contributed by atoms with Gasteiger partial charge in [-0.05, 0) is 62.4 Å². The van der Waals surface area contributed by atoms with E-state index in [1.54, 1.807) is 12.1 Å². The lowest BCUT2D eigenvalue weighted by atomic mass is 9.96. The molecular formula is C26H34FN3O3. The van der Waals surface area contributed by atoms with Crippen molar-refractivity contribution < 1.29 is 18.7 Å². The SMILES string of the molecule is CC1CN(CC2CCN(C(=O)Nc3cccc(OCc4cccc(F)c4)c3)CC2)CC(C)O1. The van der Waals surface area contributed by atoms with E-state index in [0.717, 1.165) is 51.1 Å². The molecule has 0 saturated carbocycles. The van der Waals surface area contributed by atoms with Gasteiger partial charge < -0.3 is 19.7 Å². The number of halogens is 1. The fraction of sp³-hybridized carbons (Fsp3) is 0.500. The minimum atomic E-state index is -0.282. The zero-order valence-corrected chi connectivity index (χ0v) is 19.5. The molecule has 2 atom stereocenters. The number of hydrogen-bond donors (Lipinski definition) is 1. The van der Waals surface area contributed by atoms with Crippen molar-refractivity contribution in [3.63, 3.8) is 0 Å². The summed E-state index contributed by atoms with van der Waals surface area (Å²) in [7, 11) is 0. The molecule has 4 rings (SSSR count). The summed E-state index contributed by atoms with van der Waals surface area (Å²) in [4.78, 5) is 17.2. The smallest absolute Gasteiger partial charge is 0.321 e. The van der Waals surface area contributed by atoms with Crippen molar-refractivity contribution in [1.29, 1.82) is 0 Å². The second-order valence-electron chi connectivity index (χ2n) is 9.28. The number of likely N-dealkylation sites (tertiary alicyclic amines) is 1. The summed E-state index contributed by atoms with van der Waals surface area (Å²) in [6.45, 7) is 9.13. The van der Waals surface area contributed by atoms with Crippen molar-refractivity contribution in [1.82, 2.24) is 9.80 Å². The maximum absolute atomic E-state index is 13.3. The summed E-state index contributed by atoms with van der Waals surface area (Å²) < 4.78 is 24.9. The van der Waals surface area contributed by atoms with Crippen LogP contribution in [0.1, 0.15) is 32.3 Å². The Hall–Kier alpha value is -2.64. The highest BCUT2D eigenvalue weighted by molar-refractivity contribution is 5.89. The maximum atomic E-state index is 13.3. The molecule has 2 aromatic carbocycles. The van der Waals surface area contributed by atoms with E-state index in [9.17, 15) is 9.18 Å². The van der Waals surface area contributed by atoms with Crippen molar-refractivity contribution in [3.8, 4) is 5.75 Å². The predicted molar refractivity (Wildman–Crippen MR) is 127 cm³/mol. The average molecular weight is 456 g/mol. The van der Waals surface area contributed by atoms with Crippen LogP contribution in [0.2, 0.25) is 0 Å². The lowest BCUT2D eigenvalue weighted by Gasteiger charge is -2.39. The van der Waals surface area contributed by atoms with Gasteiger partial charge in [0.2, 0.25) is 0 Å². The van der Waals surface area contributed by atoms with Crippen LogP contribution in [0.25, 0.3) is 0 Å². The third-order valence-corrected chi connectivity index (χ3v) is 6.29. The molecule has 2 unspecified atom stereocenters. The van der Waals surface area contributed by atoms with Crippen LogP contribution in [0.15, 0.2) is 48.5 Å². The van der Waals surface area contributed by atoms with E-state index in [1.807, 2.05) is 29.2 Å². The molecule has 0 spiro atoms. The van der Waals surface area contributed by atoms with E-state index >= 15 is 0 Å². The number of anilines is 1. The third kappa shape index (κ3) is 6.92. The van der Waals surface area contributed by atoms with Crippen LogP contribution < -0.4 is 10.1 Å². The molecule has 2 amide bonds. The Morgan fingerprint density at radius 3 is 2.55 bits per heavy atom. The summed E-state index contributed by atoms with van der Waals surface area (Å²) in [5, 5.41) is 2.99. The number of morpholine rings is 1. The largest absolute Gasteiger partial charge is 0.489 e. The van der Waals surface area contributed by atoms with Gasteiger partial charge in [0.05, 0.1) is 12.2 Å². The molecule has 7 heteroatoms. The van der Waals surface area contributed by atoms with Crippen molar-refractivity contribution >= 4 is 11.7 Å². The molecule has 2 aliphatic heterocycles. The number of carbonyl (C=O) groups is 1. The van der Waals surface area contributed by atoms with Gasteiger partial charge in [0.25, 0.3) is 0 Å². The number of benzene rings is 2. The summed E-state index contributed by atoms with van der Waals surface area (Å²) >= 11 is 0. The van der Waals surface area contributed by atoms with Gasteiger partial charge in [-0.3, -0.25) is 4.90 Å². The van der Waals surface area contributed by atoms with E-state index in [0.29, 0.717) is 17.4 Å². The van der Waals surface area contributed by atoms with Crippen LogP contribution in [0.5, 0.6) is 5.75 Å². The van der Waals surface area contributed by atoms with Gasteiger partial charge in [0.15, 0.2) is 0 Å². The Balaban J connectivity index is 1.23. The average Bonchev–Trinajstić information content (AvgIpc) is 2.78. The molecular weight excluding hydrogens is 421 g/mol. The Morgan fingerprint density at radius 1 is 1.09 bits per heavy atom. The number of hydrogen-bond acceptors (Lipinski definition) is 4. The highest BCUT2D eigenvalue weighted by atomic mass is 19.1. The van der Waals surface area contributed by atoms with E-state index in [2.05, 4.69) is 24.1 Å². The predicted octanol–water partition coefficient (Wildman–Crippen LogP) is 4.76. The normalized spacial score (nSPS) is 22.2. The molecule has 0 aromatic heterocycles. The quantitative estimate of drug-likeness (QED) is 0.683. The van der Waals surface area contributed by atoms with Gasteiger partial charge in [-0.1, -0.05) is 18.2 Å². The second kappa shape index (κ2) is 11.0. The number of rotatable bonds is 6. The molecule has 2 aliphatic rings.